The van der Waals surface area contributed by atoms with Crippen molar-refractivity contribution in [3.8, 4) is 0 Å². The number of para-hydroxylation sites is 1. The molecule has 0 heterocycles. The zero-order valence-electron chi connectivity index (χ0n) is 10.7. The van der Waals surface area contributed by atoms with Crippen LogP contribution in [0.3, 0.4) is 0 Å². The van der Waals surface area contributed by atoms with E-state index >= 15 is 0 Å². The van der Waals surface area contributed by atoms with Crippen molar-refractivity contribution in [1.29, 1.82) is 0 Å². The maximum Gasteiger partial charge on any atom is 0.224 e. The molecule has 0 saturated heterocycles. The molecule has 0 bridgehead atoms. The Bertz CT molecular complexity index is 406. The van der Waals surface area contributed by atoms with Crippen molar-refractivity contribution in [1.82, 2.24) is 5.32 Å². The van der Waals surface area contributed by atoms with E-state index in [1.54, 1.807) is 0 Å². The Hall–Kier alpha value is -1.77. The molecule has 96 valence electrons. The fourth-order valence-corrected chi connectivity index (χ4v) is 2.07. The second-order valence-corrected chi connectivity index (χ2v) is 4.80. The van der Waals surface area contributed by atoms with E-state index in [2.05, 4.69) is 22.8 Å². The molecule has 18 heavy (non-hydrogen) atoms. The molecule has 1 aromatic rings. The highest BCUT2D eigenvalue weighted by molar-refractivity contribution is 5.79. The number of benzene rings is 1. The van der Waals surface area contributed by atoms with Crippen molar-refractivity contribution in [3.63, 3.8) is 0 Å². The number of anilines is 1. The van der Waals surface area contributed by atoms with Gasteiger partial charge in [0.2, 0.25) is 5.91 Å². The van der Waals surface area contributed by atoms with Crippen LogP contribution in [0.4, 0.5) is 5.69 Å². The van der Waals surface area contributed by atoms with Crippen molar-refractivity contribution in [2.75, 3.05) is 11.9 Å². The first-order valence-corrected chi connectivity index (χ1v) is 6.50. The van der Waals surface area contributed by atoms with Gasteiger partial charge in [0, 0.05) is 24.2 Å². The second kappa shape index (κ2) is 6.24. The number of carbonyl (C=O) groups excluding carboxylic acids is 1. The molecular formula is C15H20N2O. The zero-order valence-corrected chi connectivity index (χ0v) is 10.7. The van der Waals surface area contributed by atoms with Gasteiger partial charge in [0.25, 0.3) is 0 Å². The Morgan fingerprint density at radius 2 is 1.94 bits per heavy atom. The summed E-state index contributed by atoms with van der Waals surface area (Å²) in [6.45, 7) is 2.77. The van der Waals surface area contributed by atoms with Crippen molar-refractivity contribution >= 4 is 11.6 Å². The van der Waals surface area contributed by atoms with Crippen LogP contribution in [0.15, 0.2) is 42.5 Å². The summed E-state index contributed by atoms with van der Waals surface area (Å²) in [6.07, 6.45) is 5.92. The Labute approximate surface area is 108 Å². The summed E-state index contributed by atoms with van der Waals surface area (Å²) in [5, 5.41) is 6.36. The molecule has 1 aliphatic rings. The van der Waals surface area contributed by atoms with Gasteiger partial charge in [-0.05, 0) is 31.9 Å². The Morgan fingerprint density at radius 1 is 1.28 bits per heavy atom. The first-order chi connectivity index (χ1) is 8.75. The van der Waals surface area contributed by atoms with E-state index in [4.69, 9.17) is 0 Å². The minimum Gasteiger partial charge on any atom is -0.383 e. The van der Waals surface area contributed by atoms with Gasteiger partial charge in [-0.15, -0.1) is 0 Å². The average Bonchev–Trinajstić information content (AvgIpc) is 2.91. The van der Waals surface area contributed by atoms with Crippen LogP contribution in [-0.4, -0.2) is 18.5 Å². The number of hydrogen-bond acceptors (Lipinski definition) is 2. The fourth-order valence-electron chi connectivity index (χ4n) is 2.07. The lowest BCUT2D eigenvalue weighted by atomic mass is 10.1. The predicted octanol–water partition coefficient (Wildman–Crippen LogP) is 2.57. The van der Waals surface area contributed by atoms with Crippen LogP contribution in [0, 0.1) is 5.92 Å². The maximum atomic E-state index is 11.9. The highest BCUT2D eigenvalue weighted by atomic mass is 16.1. The molecule has 3 nitrogen and oxygen atoms in total. The maximum absolute atomic E-state index is 11.9. The third kappa shape index (κ3) is 3.62. The zero-order chi connectivity index (χ0) is 12.8. The molecule has 2 rings (SSSR count). The molecule has 1 atom stereocenters. The van der Waals surface area contributed by atoms with E-state index < -0.39 is 0 Å². The lowest BCUT2D eigenvalue weighted by molar-refractivity contribution is -0.125. The summed E-state index contributed by atoms with van der Waals surface area (Å²) in [6, 6.07) is 10.2. The summed E-state index contributed by atoms with van der Waals surface area (Å²) >= 11 is 0. The molecule has 2 N–H and O–H groups in total. The fraction of sp³-hybridized carbons (Fsp3) is 0.400. The lowest BCUT2D eigenvalue weighted by Crippen LogP contribution is -2.40. The quantitative estimate of drug-likeness (QED) is 0.782. The highest BCUT2D eigenvalue weighted by Gasteiger charge is 2.20. The van der Waals surface area contributed by atoms with Gasteiger partial charge in [-0.1, -0.05) is 30.4 Å². The van der Waals surface area contributed by atoms with Gasteiger partial charge in [0.05, 0.1) is 0 Å². The minimum absolute atomic E-state index is 0.137. The van der Waals surface area contributed by atoms with Crippen LogP contribution >= 0.6 is 0 Å². The number of rotatable bonds is 5. The molecule has 1 aromatic carbocycles. The van der Waals surface area contributed by atoms with Gasteiger partial charge in [0.1, 0.15) is 0 Å². The molecule has 1 aliphatic carbocycles. The molecule has 0 aromatic heterocycles. The average molecular weight is 244 g/mol. The van der Waals surface area contributed by atoms with Crippen molar-refractivity contribution in [2.45, 2.75) is 25.8 Å². The molecule has 0 aliphatic heterocycles. The van der Waals surface area contributed by atoms with E-state index in [0.29, 0.717) is 0 Å². The van der Waals surface area contributed by atoms with Crippen LogP contribution < -0.4 is 10.6 Å². The van der Waals surface area contributed by atoms with Crippen molar-refractivity contribution in [2.24, 2.45) is 5.92 Å². The molecule has 1 amide bonds. The normalized spacial score (nSPS) is 16.5. The molecular weight excluding hydrogens is 224 g/mol. The van der Waals surface area contributed by atoms with Crippen molar-refractivity contribution < 1.29 is 4.79 Å². The summed E-state index contributed by atoms with van der Waals surface area (Å²) in [5.41, 5.74) is 1.08. The summed E-state index contributed by atoms with van der Waals surface area (Å²) in [7, 11) is 0. The SMILES string of the molecule is CC(CNc1ccccc1)NC(=O)C1CC=CC1. The van der Waals surface area contributed by atoms with Crippen LogP contribution in [0.25, 0.3) is 0 Å². The van der Waals surface area contributed by atoms with Gasteiger partial charge in [-0.2, -0.15) is 0 Å². The Morgan fingerprint density at radius 3 is 2.61 bits per heavy atom. The van der Waals surface area contributed by atoms with Crippen LogP contribution in [-0.2, 0) is 4.79 Å². The number of carbonyl (C=O) groups is 1. The topological polar surface area (TPSA) is 41.1 Å². The first-order valence-electron chi connectivity index (χ1n) is 6.50. The van der Waals surface area contributed by atoms with Gasteiger partial charge in [-0.3, -0.25) is 4.79 Å². The van der Waals surface area contributed by atoms with Gasteiger partial charge >= 0.3 is 0 Å². The Balaban J connectivity index is 1.72. The highest BCUT2D eigenvalue weighted by Crippen LogP contribution is 2.17. The summed E-state index contributed by atoms with van der Waals surface area (Å²) in [5.74, 6) is 0.312. The van der Waals surface area contributed by atoms with E-state index in [0.717, 1.165) is 25.1 Å². The number of amides is 1. The number of hydrogen-bond donors (Lipinski definition) is 2. The molecule has 3 heteroatoms. The molecule has 0 saturated carbocycles. The van der Waals surface area contributed by atoms with Crippen LogP contribution in [0.5, 0.6) is 0 Å². The number of nitrogens with one attached hydrogen (secondary N) is 2. The second-order valence-electron chi connectivity index (χ2n) is 4.80. The van der Waals surface area contributed by atoms with Crippen LogP contribution in [0.1, 0.15) is 19.8 Å². The monoisotopic (exact) mass is 244 g/mol. The van der Waals surface area contributed by atoms with Gasteiger partial charge in [0.15, 0.2) is 0 Å². The first kappa shape index (κ1) is 12.7. The number of allylic oxidation sites excluding steroid dienone is 2. The van der Waals surface area contributed by atoms with E-state index in [1.165, 1.54) is 0 Å². The lowest BCUT2D eigenvalue weighted by Gasteiger charge is -2.18. The summed E-state index contributed by atoms with van der Waals surface area (Å²) in [4.78, 5) is 11.9. The van der Waals surface area contributed by atoms with Crippen molar-refractivity contribution in [3.05, 3.63) is 42.5 Å². The molecule has 0 radical (unpaired) electrons. The standard InChI is InChI=1S/C15H20N2O/c1-12(11-16-14-9-3-2-4-10-14)17-15(18)13-7-5-6-8-13/h2-6,9-10,12-13,16H,7-8,11H2,1H3,(H,17,18). The van der Waals surface area contributed by atoms with Gasteiger partial charge in [-0.25, -0.2) is 0 Å². The Kier molecular flexibility index (Phi) is 4.40. The summed E-state index contributed by atoms with van der Waals surface area (Å²) < 4.78 is 0. The molecule has 0 spiro atoms. The van der Waals surface area contributed by atoms with E-state index in [1.807, 2.05) is 37.3 Å². The smallest absolute Gasteiger partial charge is 0.224 e. The third-order valence-corrected chi connectivity index (χ3v) is 3.15. The predicted molar refractivity (Wildman–Crippen MR) is 74.4 cm³/mol. The van der Waals surface area contributed by atoms with Crippen LogP contribution in [0.2, 0.25) is 0 Å². The van der Waals surface area contributed by atoms with E-state index in [9.17, 15) is 4.79 Å². The molecule has 1 unspecified atom stereocenters. The van der Waals surface area contributed by atoms with Gasteiger partial charge < -0.3 is 10.6 Å². The van der Waals surface area contributed by atoms with E-state index in [-0.39, 0.29) is 17.9 Å². The minimum atomic E-state index is 0.137. The largest absolute Gasteiger partial charge is 0.383 e. The third-order valence-electron chi connectivity index (χ3n) is 3.15. The molecule has 0 fully saturated rings.